The van der Waals surface area contributed by atoms with Gasteiger partial charge in [-0.05, 0) is 18.4 Å². The maximum Gasteiger partial charge on any atom is 0.353 e. The highest BCUT2D eigenvalue weighted by Crippen LogP contribution is 2.22. The molecule has 18 heavy (non-hydrogen) atoms. The predicted octanol–water partition coefficient (Wildman–Crippen LogP) is 1.12. The number of hydrazine groups is 1. The van der Waals surface area contributed by atoms with Gasteiger partial charge in [-0.3, -0.25) is 5.01 Å². The fourth-order valence-electron chi connectivity index (χ4n) is 1.33. The number of carboxylic acids is 1. The van der Waals surface area contributed by atoms with Crippen molar-refractivity contribution in [2.24, 2.45) is 11.6 Å². The summed E-state index contributed by atoms with van der Waals surface area (Å²) in [6.45, 7) is 0. The molecule has 0 heterocycles. The lowest BCUT2D eigenvalue weighted by Crippen LogP contribution is -2.35. The van der Waals surface area contributed by atoms with Crippen molar-refractivity contribution in [2.45, 2.75) is 0 Å². The largest absolute Gasteiger partial charge is 0.477 e. The molecule has 0 aliphatic rings. The summed E-state index contributed by atoms with van der Waals surface area (Å²) < 4.78 is 13.6. The van der Waals surface area contributed by atoms with Gasteiger partial charge in [0.15, 0.2) is 0 Å². The van der Waals surface area contributed by atoms with Crippen molar-refractivity contribution in [1.82, 2.24) is 0 Å². The van der Waals surface area contributed by atoms with E-state index in [2.05, 4.69) is 0 Å². The lowest BCUT2D eigenvalue weighted by Gasteiger charge is -2.23. The average Bonchev–Trinajstić information content (AvgIpc) is 2.35. The van der Waals surface area contributed by atoms with E-state index in [0.29, 0.717) is 0 Å². The highest BCUT2D eigenvalue weighted by Gasteiger charge is 2.18. The van der Waals surface area contributed by atoms with E-state index < -0.39 is 17.5 Å². The number of anilines is 1. The first-order valence-electron chi connectivity index (χ1n) is 4.99. The van der Waals surface area contributed by atoms with Crippen LogP contribution < -0.4 is 16.6 Å². The average molecular weight is 271 g/mol. The summed E-state index contributed by atoms with van der Waals surface area (Å²) in [5, 5.41) is 9.84. The first-order valence-corrected chi connectivity index (χ1v) is 6.38. The summed E-state index contributed by atoms with van der Waals surface area (Å²) in [5.41, 5.74) is 5.29. The van der Waals surface area contributed by atoms with Crippen LogP contribution in [0.1, 0.15) is 0 Å². The van der Waals surface area contributed by atoms with Crippen LogP contribution >= 0.6 is 11.8 Å². The van der Waals surface area contributed by atoms with Gasteiger partial charge in [0.2, 0.25) is 0 Å². The maximum absolute atomic E-state index is 13.6. The van der Waals surface area contributed by atoms with Crippen molar-refractivity contribution < 1.29 is 14.3 Å². The third-order valence-corrected chi connectivity index (χ3v) is 2.79. The molecule has 0 bridgehead atoms. The Morgan fingerprint density at radius 3 is 2.61 bits per heavy atom. The van der Waals surface area contributed by atoms with Crippen molar-refractivity contribution in [1.29, 1.82) is 0 Å². The number of hydrogen-bond acceptors (Lipinski definition) is 5. The summed E-state index contributed by atoms with van der Waals surface area (Å²) in [7, 11) is 0. The number of carboxylic acid groups (broad SMARTS) is 1. The Morgan fingerprint density at radius 1 is 1.50 bits per heavy atom. The summed E-state index contributed by atoms with van der Waals surface area (Å²) in [6, 6.07) is 5.81. The van der Waals surface area contributed by atoms with Crippen LogP contribution in [-0.2, 0) is 4.79 Å². The van der Waals surface area contributed by atoms with Gasteiger partial charge in [0.1, 0.15) is 11.5 Å². The number of rotatable bonds is 5. The van der Waals surface area contributed by atoms with Gasteiger partial charge in [-0.25, -0.2) is 15.0 Å². The monoisotopic (exact) mass is 271 g/mol. The van der Waals surface area contributed by atoms with E-state index in [1.807, 2.05) is 0 Å². The standard InChI is InChI=1S/C11H14FN3O2S/c1-18-6-9(10(13)11(16)17)15(14)8-5-3-2-4-7(8)12/h2-5H,6,13-14H2,1H3,(H,16,17)/b10-9-. The Bertz CT molecular complexity index is 479. The van der Waals surface area contributed by atoms with E-state index in [4.69, 9.17) is 16.7 Å². The molecule has 0 atom stereocenters. The number of para-hydroxylation sites is 1. The minimum atomic E-state index is -1.29. The van der Waals surface area contributed by atoms with Gasteiger partial charge >= 0.3 is 5.97 Å². The molecule has 0 spiro atoms. The van der Waals surface area contributed by atoms with E-state index >= 15 is 0 Å². The number of nitrogens with two attached hydrogens (primary N) is 2. The summed E-state index contributed by atoms with van der Waals surface area (Å²) >= 11 is 1.34. The second kappa shape index (κ2) is 6.27. The van der Waals surface area contributed by atoms with Crippen LogP contribution in [0.5, 0.6) is 0 Å². The van der Waals surface area contributed by atoms with Crippen molar-refractivity contribution in [3.63, 3.8) is 0 Å². The van der Waals surface area contributed by atoms with Crippen LogP contribution in [0.25, 0.3) is 0 Å². The van der Waals surface area contributed by atoms with Crippen LogP contribution in [0.4, 0.5) is 10.1 Å². The minimum Gasteiger partial charge on any atom is -0.477 e. The molecular formula is C11H14FN3O2S. The Kier molecular flexibility index (Phi) is 4.99. The molecule has 0 fully saturated rings. The Balaban J connectivity index is 3.20. The van der Waals surface area contributed by atoms with Crippen molar-refractivity contribution in [3.05, 3.63) is 41.5 Å². The molecule has 0 aromatic heterocycles. The first-order chi connectivity index (χ1) is 8.49. The molecule has 98 valence electrons. The molecule has 1 rings (SSSR count). The molecule has 1 aromatic rings. The Labute approximate surface area is 108 Å². The van der Waals surface area contributed by atoms with Crippen LogP contribution in [0.15, 0.2) is 35.7 Å². The molecule has 0 radical (unpaired) electrons. The molecule has 0 saturated heterocycles. The topological polar surface area (TPSA) is 92.6 Å². The molecule has 7 heteroatoms. The van der Waals surface area contributed by atoms with Gasteiger partial charge in [-0.1, -0.05) is 12.1 Å². The number of benzene rings is 1. The minimum absolute atomic E-state index is 0.0748. The molecule has 0 amide bonds. The smallest absolute Gasteiger partial charge is 0.353 e. The SMILES string of the molecule is CSC/C(=C(/N)C(=O)O)N(N)c1ccccc1F. The molecule has 5 N–H and O–H groups in total. The summed E-state index contributed by atoms with van der Waals surface area (Å²) in [5.74, 6) is 4.18. The third kappa shape index (κ3) is 3.14. The molecule has 0 aliphatic heterocycles. The van der Waals surface area contributed by atoms with Crippen LogP contribution in [0.3, 0.4) is 0 Å². The summed E-state index contributed by atoms with van der Waals surface area (Å²) in [4.78, 5) is 10.9. The summed E-state index contributed by atoms with van der Waals surface area (Å²) in [6.07, 6.45) is 1.77. The van der Waals surface area contributed by atoms with Gasteiger partial charge in [0.25, 0.3) is 0 Å². The van der Waals surface area contributed by atoms with Crippen molar-refractivity contribution in [2.75, 3.05) is 17.0 Å². The van der Waals surface area contributed by atoms with Gasteiger partial charge in [0, 0.05) is 5.75 Å². The highest BCUT2D eigenvalue weighted by molar-refractivity contribution is 7.98. The van der Waals surface area contributed by atoms with E-state index in [1.54, 1.807) is 12.3 Å². The van der Waals surface area contributed by atoms with Crippen molar-refractivity contribution in [3.8, 4) is 0 Å². The second-order valence-corrected chi connectivity index (χ2v) is 4.29. The Hall–Kier alpha value is -1.73. The van der Waals surface area contributed by atoms with E-state index in [1.165, 1.54) is 30.0 Å². The lowest BCUT2D eigenvalue weighted by molar-refractivity contribution is -0.132. The molecule has 5 nitrogen and oxygen atoms in total. The zero-order chi connectivity index (χ0) is 13.7. The van der Waals surface area contributed by atoms with Crippen LogP contribution in [-0.4, -0.2) is 23.1 Å². The predicted molar refractivity (Wildman–Crippen MR) is 70.3 cm³/mol. The van der Waals surface area contributed by atoms with Gasteiger partial charge in [-0.2, -0.15) is 11.8 Å². The molecule has 0 unspecified atom stereocenters. The fraction of sp³-hybridized carbons (Fsp3) is 0.182. The second-order valence-electron chi connectivity index (χ2n) is 3.42. The van der Waals surface area contributed by atoms with Gasteiger partial charge < -0.3 is 10.8 Å². The fourth-order valence-corrected chi connectivity index (χ4v) is 1.90. The molecule has 0 saturated carbocycles. The number of carbonyl (C=O) groups is 1. The van der Waals surface area contributed by atoms with E-state index in [-0.39, 0.29) is 17.1 Å². The van der Waals surface area contributed by atoms with Gasteiger partial charge in [-0.15, -0.1) is 0 Å². The number of halogens is 1. The molecular weight excluding hydrogens is 257 g/mol. The zero-order valence-electron chi connectivity index (χ0n) is 9.76. The first kappa shape index (κ1) is 14.3. The highest BCUT2D eigenvalue weighted by atomic mass is 32.2. The number of aliphatic carboxylic acids is 1. The van der Waals surface area contributed by atoms with Crippen molar-refractivity contribution >= 4 is 23.4 Å². The molecule has 0 aliphatic carbocycles. The quantitative estimate of drug-likeness (QED) is 0.422. The van der Waals surface area contributed by atoms with Gasteiger partial charge in [0.05, 0.1) is 11.4 Å². The number of hydrogen-bond donors (Lipinski definition) is 3. The van der Waals surface area contributed by atoms with Crippen LogP contribution in [0, 0.1) is 5.82 Å². The number of nitrogens with zero attached hydrogens (tertiary/aromatic N) is 1. The lowest BCUT2D eigenvalue weighted by atomic mass is 10.2. The zero-order valence-corrected chi connectivity index (χ0v) is 10.6. The normalized spacial score (nSPS) is 11.9. The van der Waals surface area contributed by atoms with E-state index in [9.17, 15) is 9.18 Å². The number of thioether (sulfide) groups is 1. The van der Waals surface area contributed by atoms with E-state index in [0.717, 1.165) is 5.01 Å². The Morgan fingerprint density at radius 2 is 2.11 bits per heavy atom. The third-order valence-electron chi connectivity index (χ3n) is 2.23. The maximum atomic E-state index is 13.6. The molecule has 1 aromatic carbocycles. The van der Waals surface area contributed by atoms with Crippen LogP contribution in [0.2, 0.25) is 0 Å².